The zero-order chi connectivity index (χ0) is 8.20. The molecule has 0 amide bonds. The molecule has 10 heavy (non-hydrogen) atoms. The van der Waals surface area contributed by atoms with E-state index < -0.39 is 11.7 Å². The first-order valence-corrected chi connectivity index (χ1v) is 3.41. The molecule has 58 valence electrons. The molecule has 0 saturated heterocycles. The molecule has 0 aromatic rings. The molecule has 2 atom stereocenters. The van der Waals surface area contributed by atoms with Gasteiger partial charge in [-0.25, -0.2) is 0 Å². The van der Waals surface area contributed by atoms with E-state index in [2.05, 4.69) is 11.8 Å². The second-order valence-electron chi connectivity index (χ2n) is 2.33. The molecule has 0 spiro atoms. The Labute approximate surface area is 61.9 Å². The van der Waals surface area contributed by atoms with E-state index in [4.69, 9.17) is 5.11 Å². The van der Waals surface area contributed by atoms with E-state index in [9.17, 15) is 5.11 Å². The predicted molar refractivity (Wildman–Crippen MR) is 40.4 cm³/mol. The molecule has 0 heterocycles. The van der Waals surface area contributed by atoms with Crippen LogP contribution in [0.3, 0.4) is 0 Å². The maximum atomic E-state index is 9.47. The summed E-state index contributed by atoms with van der Waals surface area (Å²) in [4.78, 5) is 0. The van der Waals surface area contributed by atoms with Gasteiger partial charge in [-0.1, -0.05) is 12.8 Å². The third-order valence-electron chi connectivity index (χ3n) is 1.57. The highest BCUT2D eigenvalue weighted by atomic mass is 16.3. The van der Waals surface area contributed by atoms with Crippen molar-refractivity contribution in [3.05, 3.63) is 0 Å². The van der Waals surface area contributed by atoms with Gasteiger partial charge in [0.1, 0.15) is 0 Å². The van der Waals surface area contributed by atoms with E-state index in [1.54, 1.807) is 13.8 Å². The van der Waals surface area contributed by atoms with Crippen molar-refractivity contribution < 1.29 is 10.2 Å². The van der Waals surface area contributed by atoms with Crippen molar-refractivity contribution in [2.45, 2.75) is 38.9 Å². The molecule has 0 rings (SSSR count). The molecule has 0 aliphatic carbocycles. The zero-order valence-electron chi connectivity index (χ0n) is 6.68. The lowest BCUT2D eigenvalue weighted by atomic mass is 9.96. The molecule has 0 saturated carbocycles. The summed E-state index contributed by atoms with van der Waals surface area (Å²) in [7, 11) is 0. The van der Waals surface area contributed by atoms with E-state index in [-0.39, 0.29) is 0 Å². The summed E-state index contributed by atoms with van der Waals surface area (Å²) >= 11 is 0. The lowest BCUT2D eigenvalue weighted by molar-refractivity contribution is -0.0240. The van der Waals surface area contributed by atoms with Crippen LogP contribution in [0.15, 0.2) is 0 Å². The van der Waals surface area contributed by atoms with Gasteiger partial charge in [-0.05, 0) is 20.3 Å². The van der Waals surface area contributed by atoms with Gasteiger partial charge in [0.05, 0.1) is 6.10 Å². The smallest absolute Gasteiger partial charge is 0.150 e. The molecule has 0 aliphatic heterocycles. The van der Waals surface area contributed by atoms with Crippen LogP contribution in [0.25, 0.3) is 0 Å². The molecule has 2 unspecified atom stereocenters. The number of aliphatic hydroxyl groups excluding tert-OH is 1. The van der Waals surface area contributed by atoms with Gasteiger partial charge in [0, 0.05) is 0 Å². The summed E-state index contributed by atoms with van der Waals surface area (Å²) in [5.74, 6) is 5.14. The molecular formula is C8H14O2. The highest BCUT2D eigenvalue weighted by Gasteiger charge is 2.27. The van der Waals surface area contributed by atoms with Gasteiger partial charge in [-0.3, -0.25) is 0 Å². The maximum Gasteiger partial charge on any atom is 0.150 e. The maximum absolute atomic E-state index is 9.47. The number of hydrogen-bond acceptors (Lipinski definition) is 2. The Balaban J connectivity index is 4.33. The van der Waals surface area contributed by atoms with Crippen LogP contribution in [0.4, 0.5) is 0 Å². The zero-order valence-corrected chi connectivity index (χ0v) is 6.68. The van der Waals surface area contributed by atoms with Crippen molar-refractivity contribution in [2.75, 3.05) is 0 Å². The Kier molecular flexibility index (Phi) is 3.41. The highest BCUT2D eigenvalue weighted by molar-refractivity contribution is 5.14. The van der Waals surface area contributed by atoms with Crippen molar-refractivity contribution in [3.8, 4) is 11.8 Å². The lowest BCUT2D eigenvalue weighted by Crippen LogP contribution is -2.38. The Bertz CT molecular complexity index is 152. The average molecular weight is 142 g/mol. The lowest BCUT2D eigenvalue weighted by Gasteiger charge is -2.23. The van der Waals surface area contributed by atoms with E-state index in [0.29, 0.717) is 6.42 Å². The minimum absolute atomic E-state index is 0.450. The van der Waals surface area contributed by atoms with Crippen LogP contribution in [0.1, 0.15) is 27.2 Å². The topological polar surface area (TPSA) is 40.5 Å². The third kappa shape index (κ3) is 2.02. The first-order chi connectivity index (χ1) is 4.56. The number of hydrogen-bond donors (Lipinski definition) is 2. The van der Waals surface area contributed by atoms with Crippen LogP contribution >= 0.6 is 0 Å². The Morgan fingerprint density at radius 2 is 2.10 bits per heavy atom. The predicted octanol–water partition coefficient (Wildman–Crippen LogP) is 0.532. The minimum atomic E-state index is -1.21. The van der Waals surface area contributed by atoms with Crippen LogP contribution in [0.2, 0.25) is 0 Å². The number of rotatable bonds is 2. The van der Waals surface area contributed by atoms with Crippen molar-refractivity contribution in [1.82, 2.24) is 0 Å². The van der Waals surface area contributed by atoms with E-state index in [1.165, 1.54) is 6.92 Å². The molecule has 0 aromatic carbocycles. The molecular weight excluding hydrogens is 128 g/mol. The van der Waals surface area contributed by atoms with Crippen LogP contribution in [0.5, 0.6) is 0 Å². The van der Waals surface area contributed by atoms with Crippen molar-refractivity contribution in [3.63, 3.8) is 0 Å². The quantitative estimate of drug-likeness (QED) is 0.552. The van der Waals surface area contributed by atoms with Crippen molar-refractivity contribution in [1.29, 1.82) is 0 Å². The molecule has 0 radical (unpaired) electrons. The molecule has 2 heteroatoms. The summed E-state index contributed by atoms with van der Waals surface area (Å²) in [5, 5.41) is 18.5. The Morgan fingerprint density at radius 3 is 2.20 bits per heavy atom. The van der Waals surface area contributed by atoms with Crippen LogP contribution < -0.4 is 0 Å². The van der Waals surface area contributed by atoms with Crippen LogP contribution in [-0.2, 0) is 0 Å². The van der Waals surface area contributed by atoms with Crippen LogP contribution in [-0.4, -0.2) is 21.9 Å². The monoisotopic (exact) mass is 142 g/mol. The van der Waals surface area contributed by atoms with Gasteiger partial charge in [0.15, 0.2) is 5.60 Å². The SMILES string of the molecule is CC#CC(O)(CC)C(C)O. The van der Waals surface area contributed by atoms with Gasteiger partial charge in [0.25, 0.3) is 0 Å². The molecule has 0 aliphatic rings. The average Bonchev–Trinajstić information content (AvgIpc) is 1.88. The fraction of sp³-hybridized carbons (Fsp3) is 0.750. The van der Waals surface area contributed by atoms with Crippen molar-refractivity contribution >= 4 is 0 Å². The van der Waals surface area contributed by atoms with Crippen LogP contribution in [0, 0.1) is 11.8 Å². The summed E-state index contributed by atoms with van der Waals surface area (Å²) in [5.41, 5.74) is -1.21. The fourth-order valence-corrected chi connectivity index (χ4v) is 0.705. The third-order valence-corrected chi connectivity index (χ3v) is 1.57. The summed E-state index contributed by atoms with van der Waals surface area (Å²) in [6.07, 6.45) is -0.337. The second-order valence-corrected chi connectivity index (χ2v) is 2.33. The first kappa shape index (κ1) is 9.48. The largest absolute Gasteiger partial charge is 0.389 e. The van der Waals surface area contributed by atoms with E-state index in [0.717, 1.165) is 0 Å². The molecule has 2 nitrogen and oxygen atoms in total. The molecule has 0 aromatic heterocycles. The van der Waals surface area contributed by atoms with Gasteiger partial charge in [-0.2, -0.15) is 0 Å². The summed E-state index contributed by atoms with van der Waals surface area (Å²) < 4.78 is 0. The first-order valence-electron chi connectivity index (χ1n) is 3.41. The molecule has 2 N–H and O–H groups in total. The van der Waals surface area contributed by atoms with Gasteiger partial charge >= 0.3 is 0 Å². The fourth-order valence-electron chi connectivity index (χ4n) is 0.705. The van der Waals surface area contributed by atoms with E-state index in [1.807, 2.05) is 0 Å². The van der Waals surface area contributed by atoms with Gasteiger partial charge < -0.3 is 10.2 Å². The van der Waals surface area contributed by atoms with Gasteiger partial charge in [0.2, 0.25) is 0 Å². The number of aliphatic hydroxyl groups is 2. The second kappa shape index (κ2) is 3.60. The molecule has 0 bridgehead atoms. The normalized spacial score (nSPS) is 18.5. The molecule has 0 fully saturated rings. The van der Waals surface area contributed by atoms with E-state index >= 15 is 0 Å². The Hall–Kier alpha value is -0.520. The summed E-state index contributed by atoms with van der Waals surface area (Å²) in [6.45, 7) is 4.97. The highest BCUT2D eigenvalue weighted by Crippen LogP contribution is 2.13. The Morgan fingerprint density at radius 1 is 1.60 bits per heavy atom. The summed E-state index contributed by atoms with van der Waals surface area (Å²) in [6, 6.07) is 0. The minimum Gasteiger partial charge on any atom is -0.389 e. The van der Waals surface area contributed by atoms with Gasteiger partial charge in [-0.15, -0.1) is 5.92 Å². The van der Waals surface area contributed by atoms with Crippen molar-refractivity contribution in [2.24, 2.45) is 0 Å². The standard InChI is InChI=1S/C8H14O2/c1-4-6-8(10,5-2)7(3)9/h7,9-10H,5H2,1-3H3.